The van der Waals surface area contributed by atoms with Crippen molar-refractivity contribution in [1.82, 2.24) is 24.9 Å². The third-order valence-electron chi connectivity index (χ3n) is 5.71. The number of rotatable bonds is 8. The molecule has 13 heteroatoms. The summed E-state index contributed by atoms with van der Waals surface area (Å²) in [5.41, 5.74) is 4.01. The highest BCUT2D eigenvalue weighted by Gasteiger charge is 2.18. The Bertz CT molecular complexity index is 1690. The molecular formula is C27H26FN7O4S. The number of ether oxygens (including phenoxy) is 3. The van der Waals surface area contributed by atoms with Gasteiger partial charge < -0.3 is 19.1 Å². The van der Waals surface area contributed by atoms with Crippen LogP contribution in [-0.4, -0.2) is 64.9 Å². The number of hydrogen-bond acceptors (Lipinski definition) is 11. The maximum atomic E-state index is 14.9. The maximum absolute atomic E-state index is 14.9. The molecule has 0 saturated heterocycles. The summed E-state index contributed by atoms with van der Waals surface area (Å²) in [6.07, 6.45) is 3.17. The van der Waals surface area contributed by atoms with E-state index in [9.17, 15) is 9.18 Å². The molecule has 1 unspecified atom stereocenters. The van der Waals surface area contributed by atoms with Crippen molar-refractivity contribution in [3.05, 3.63) is 54.2 Å². The molecule has 5 aromatic rings. The predicted octanol–water partition coefficient (Wildman–Crippen LogP) is 5.23. The van der Waals surface area contributed by atoms with Gasteiger partial charge in [0.1, 0.15) is 17.7 Å². The number of carbonyl (C=O) groups excluding carboxylic acids is 1. The van der Waals surface area contributed by atoms with Gasteiger partial charge in [-0.25, -0.2) is 34.1 Å². The Labute approximate surface area is 233 Å². The van der Waals surface area contributed by atoms with Gasteiger partial charge in [0.05, 0.1) is 52.6 Å². The molecule has 1 amide bonds. The summed E-state index contributed by atoms with van der Waals surface area (Å²) in [5.74, 6) is 0.387. The molecule has 2 aromatic carbocycles. The van der Waals surface area contributed by atoms with E-state index in [1.807, 2.05) is 33.2 Å². The average molecular weight is 564 g/mol. The van der Waals surface area contributed by atoms with Crippen LogP contribution in [0.25, 0.3) is 31.8 Å². The molecule has 1 atom stereocenters. The van der Waals surface area contributed by atoms with Crippen LogP contribution < -0.4 is 19.7 Å². The van der Waals surface area contributed by atoms with Crippen LogP contribution in [-0.2, 0) is 4.74 Å². The van der Waals surface area contributed by atoms with Crippen molar-refractivity contribution in [3.63, 3.8) is 0 Å². The number of nitrogens with one attached hydrogen (secondary N) is 1. The summed E-state index contributed by atoms with van der Waals surface area (Å²) < 4.78 is 31.8. The van der Waals surface area contributed by atoms with Crippen molar-refractivity contribution < 1.29 is 23.4 Å². The second-order valence-corrected chi connectivity index (χ2v) is 10.2. The summed E-state index contributed by atoms with van der Waals surface area (Å²) in [6, 6.07) is 6.82. The minimum Gasteiger partial charge on any atom is -0.484 e. The number of amides is 1. The Hall–Kier alpha value is -4.65. The van der Waals surface area contributed by atoms with Crippen LogP contribution in [0.5, 0.6) is 11.6 Å². The van der Waals surface area contributed by atoms with Crippen molar-refractivity contribution in [3.8, 4) is 22.2 Å². The third-order valence-corrected chi connectivity index (χ3v) is 6.76. The van der Waals surface area contributed by atoms with Gasteiger partial charge in [0.15, 0.2) is 11.6 Å². The van der Waals surface area contributed by atoms with Gasteiger partial charge in [-0.3, -0.25) is 5.32 Å². The lowest BCUT2D eigenvalue weighted by molar-refractivity contribution is 0.0969. The molecule has 0 aliphatic heterocycles. The molecule has 206 valence electrons. The number of aromatic nitrogens is 5. The van der Waals surface area contributed by atoms with Crippen LogP contribution in [0.1, 0.15) is 12.5 Å². The standard InChI is InChI=1S/C27H26FN7O4S/c1-14-6-17(24-20(7-14)33-23(37-5)12-29-24)25-34-19-8-18(28)21(9-22(19)40-25)39-15(2)13-38-27(36)32-16-10-30-26(31-11-16)35(3)4/h6-12,15H,13H2,1-5H3,(H,32,36). The molecule has 3 heterocycles. The quantitative estimate of drug-likeness (QED) is 0.268. The normalized spacial score (nSPS) is 11.8. The number of halogens is 1. The molecule has 1 N–H and O–H groups in total. The van der Waals surface area contributed by atoms with E-state index >= 15 is 0 Å². The van der Waals surface area contributed by atoms with Gasteiger partial charge in [-0.05, 0) is 31.5 Å². The number of thiazole rings is 1. The molecule has 0 saturated carbocycles. The molecule has 0 bridgehead atoms. The first-order valence-corrected chi connectivity index (χ1v) is 13.0. The first-order valence-electron chi connectivity index (χ1n) is 12.2. The minimum atomic E-state index is -0.703. The molecule has 0 radical (unpaired) electrons. The molecule has 40 heavy (non-hydrogen) atoms. The number of anilines is 2. The Balaban J connectivity index is 1.28. The zero-order valence-electron chi connectivity index (χ0n) is 22.4. The topological polar surface area (TPSA) is 124 Å². The molecular weight excluding hydrogens is 537 g/mol. The van der Waals surface area contributed by atoms with Crippen molar-refractivity contribution in [2.75, 3.05) is 38.0 Å². The Kier molecular flexibility index (Phi) is 7.56. The van der Waals surface area contributed by atoms with Crippen LogP contribution in [0, 0.1) is 12.7 Å². The first-order chi connectivity index (χ1) is 19.2. The van der Waals surface area contributed by atoms with Gasteiger partial charge >= 0.3 is 6.09 Å². The lowest BCUT2D eigenvalue weighted by Gasteiger charge is -2.16. The Morgan fingerprint density at radius 1 is 1.07 bits per heavy atom. The molecule has 0 aliphatic rings. The van der Waals surface area contributed by atoms with E-state index in [0.717, 1.165) is 15.8 Å². The highest BCUT2D eigenvalue weighted by Crippen LogP contribution is 2.37. The van der Waals surface area contributed by atoms with E-state index < -0.39 is 18.0 Å². The van der Waals surface area contributed by atoms with Gasteiger partial charge in [0, 0.05) is 31.8 Å². The smallest absolute Gasteiger partial charge is 0.411 e. The number of hydrogen-bond donors (Lipinski definition) is 1. The first kappa shape index (κ1) is 26.9. The summed E-state index contributed by atoms with van der Waals surface area (Å²) in [7, 11) is 5.16. The fraction of sp³-hybridized carbons (Fsp3) is 0.259. The second-order valence-electron chi connectivity index (χ2n) is 9.18. The number of aryl methyl sites for hydroxylation is 1. The summed E-state index contributed by atoms with van der Waals surface area (Å²) in [4.78, 5) is 35.8. The maximum Gasteiger partial charge on any atom is 0.411 e. The SMILES string of the molecule is COc1cnc2c(-c3nc4cc(F)c(OC(C)COC(=O)Nc5cnc(N(C)C)nc5)cc4s3)cc(C)cc2n1. The average Bonchev–Trinajstić information content (AvgIpc) is 3.34. The Morgan fingerprint density at radius 2 is 1.85 bits per heavy atom. The molecule has 0 fully saturated rings. The molecule has 0 aliphatic carbocycles. The van der Waals surface area contributed by atoms with Gasteiger partial charge in [-0.2, -0.15) is 0 Å². The van der Waals surface area contributed by atoms with Crippen LogP contribution in [0.2, 0.25) is 0 Å². The van der Waals surface area contributed by atoms with Gasteiger partial charge in [0.2, 0.25) is 11.8 Å². The van der Waals surface area contributed by atoms with Gasteiger partial charge in [-0.1, -0.05) is 0 Å². The number of carbonyl (C=O) groups is 1. The number of nitrogens with zero attached hydrogens (tertiary/aromatic N) is 6. The van der Waals surface area contributed by atoms with E-state index in [-0.39, 0.29) is 12.4 Å². The van der Waals surface area contributed by atoms with Crippen LogP contribution in [0.4, 0.5) is 20.8 Å². The van der Waals surface area contributed by atoms with Crippen molar-refractivity contribution in [1.29, 1.82) is 0 Å². The molecule has 0 spiro atoms. The van der Waals surface area contributed by atoms with E-state index in [4.69, 9.17) is 14.2 Å². The highest BCUT2D eigenvalue weighted by molar-refractivity contribution is 7.21. The summed E-state index contributed by atoms with van der Waals surface area (Å²) in [5, 5.41) is 3.22. The van der Waals surface area contributed by atoms with E-state index in [1.54, 1.807) is 24.1 Å². The van der Waals surface area contributed by atoms with Crippen molar-refractivity contribution in [2.24, 2.45) is 0 Å². The highest BCUT2D eigenvalue weighted by atomic mass is 32.1. The number of benzene rings is 2. The minimum absolute atomic E-state index is 0.0329. The number of fused-ring (bicyclic) bond motifs is 2. The van der Waals surface area contributed by atoms with Gasteiger partial charge in [-0.15, -0.1) is 11.3 Å². The van der Waals surface area contributed by atoms with Crippen LogP contribution >= 0.6 is 11.3 Å². The zero-order valence-corrected chi connectivity index (χ0v) is 23.2. The van der Waals surface area contributed by atoms with Crippen LogP contribution in [0.3, 0.4) is 0 Å². The van der Waals surface area contributed by atoms with E-state index in [1.165, 1.54) is 36.9 Å². The fourth-order valence-corrected chi connectivity index (χ4v) is 4.85. The van der Waals surface area contributed by atoms with E-state index in [0.29, 0.717) is 39.1 Å². The summed E-state index contributed by atoms with van der Waals surface area (Å²) >= 11 is 1.39. The molecule has 5 rings (SSSR count). The number of methoxy groups -OCH3 is 1. The van der Waals surface area contributed by atoms with Gasteiger partial charge in [0.25, 0.3) is 0 Å². The Morgan fingerprint density at radius 3 is 2.58 bits per heavy atom. The fourth-order valence-electron chi connectivity index (χ4n) is 3.86. The van der Waals surface area contributed by atoms with E-state index in [2.05, 4.69) is 30.2 Å². The lowest BCUT2D eigenvalue weighted by Crippen LogP contribution is -2.24. The summed E-state index contributed by atoms with van der Waals surface area (Å²) in [6.45, 7) is 3.53. The largest absolute Gasteiger partial charge is 0.484 e. The van der Waals surface area contributed by atoms with Crippen LogP contribution in [0.15, 0.2) is 42.9 Å². The lowest BCUT2D eigenvalue weighted by atomic mass is 10.1. The predicted molar refractivity (Wildman–Crippen MR) is 151 cm³/mol. The zero-order chi connectivity index (χ0) is 28.4. The monoisotopic (exact) mass is 563 g/mol. The molecule has 3 aromatic heterocycles. The van der Waals surface area contributed by atoms with Crippen molar-refractivity contribution in [2.45, 2.75) is 20.0 Å². The second kappa shape index (κ2) is 11.2. The molecule has 11 nitrogen and oxygen atoms in total. The van der Waals surface area contributed by atoms with Crippen molar-refractivity contribution >= 4 is 50.3 Å². The third kappa shape index (κ3) is 5.83.